The summed E-state index contributed by atoms with van der Waals surface area (Å²) in [5.41, 5.74) is 1.10. The number of rotatable bonds is 5. The lowest BCUT2D eigenvalue weighted by atomic mass is 9.96. The molecule has 116 valence electrons. The van der Waals surface area contributed by atoms with Crippen molar-refractivity contribution in [1.29, 1.82) is 0 Å². The Bertz CT molecular complexity index is 458. The van der Waals surface area contributed by atoms with Crippen LogP contribution in [0.2, 0.25) is 0 Å². The fourth-order valence-corrected chi connectivity index (χ4v) is 3.33. The van der Waals surface area contributed by atoms with Crippen LogP contribution >= 0.6 is 0 Å². The average Bonchev–Trinajstić information content (AvgIpc) is 2.91. The first-order valence-electron chi connectivity index (χ1n) is 7.89. The quantitative estimate of drug-likeness (QED) is 0.832. The summed E-state index contributed by atoms with van der Waals surface area (Å²) in [5, 5.41) is 0. The molecule has 21 heavy (non-hydrogen) atoms. The van der Waals surface area contributed by atoms with Gasteiger partial charge >= 0.3 is 0 Å². The molecule has 0 aromatic heterocycles. The van der Waals surface area contributed by atoms with Crippen molar-refractivity contribution in [2.24, 2.45) is 11.8 Å². The van der Waals surface area contributed by atoms with Crippen LogP contribution in [0.15, 0.2) is 30.3 Å². The molecule has 0 bridgehead atoms. The van der Waals surface area contributed by atoms with Gasteiger partial charge in [-0.05, 0) is 24.8 Å². The summed E-state index contributed by atoms with van der Waals surface area (Å²) in [6.45, 7) is 7.98. The standard InChI is InChI=1S/C18H27NO2/c1-13(2)17-10-15(12-21-4)11-19(17)18(20)14(3)16-8-6-5-7-9-16/h5-9,13-15,17H,10-12H2,1-4H3/t14?,15?,17-/m0/s1. The van der Waals surface area contributed by atoms with Crippen molar-refractivity contribution >= 4 is 5.91 Å². The summed E-state index contributed by atoms with van der Waals surface area (Å²) < 4.78 is 5.29. The molecule has 1 saturated heterocycles. The lowest BCUT2D eigenvalue weighted by Crippen LogP contribution is -2.40. The van der Waals surface area contributed by atoms with E-state index >= 15 is 0 Å². The molecule has 3 atom stereocenters. The number of hydrogen-bond acceptors (Lipinski definition) is 2. The highest BCUT2D eigenvalue weighted by Gasteiger charge is 2.38. The maximum absolute atomic E-state index is 12.9. The highest BCUT2D eigenvalue weighted by Crippen LogP contribution is 2.31. The van der Waals surface area contributed by atoms with Crippen LogP contribution in [0.4, 0.5) is 0 Å². The van der Waals surface area contributed by atoms with Crippen molar-refractivity contribution in [2.45, 2.75) is 39.2 Å². The van der Waals surface area contributed by atoms with E-state index in [4.69, 9.17) is 4.74 Å². The van der Waals surface area contributed by atoms with E-state index in [9.17, 15) is 4.79 Å². The fraction of sp³-hybridized carbons (Fsp3) is 0.611. The van der Waals surface area contributed by atoms with Gasteiger partial charge in [0, 0.05) is 25.6 Å². The molecule has 2 unspecified atom stereocenters. The first-order valence-corrected chi connectivity index (χ1v) is 7.89. The molecular formula is C18H27NO2. The highest BCUT2D eigenvalue weighted by atomic mass is 16.5. The third-order valence-corrected chi connectivity index (χ3v) is 4.56. The fourth-order valence-electron chi connectivity index (χ4n) is 3.33. The molecule has 1 aliphatic rings. The smallest absolute Gasteiger partial charge is 0.230 e. The Morgan fingerprint density at radius 3 is 2.52 bits per heavy atom. The Labute approximate surface area is 128 Å². The Kier molecular flexibility index (Phi) is 5.40. The molecule has 1 fully saturated rings. The van der Waals surface area contributed by atoms with E-state index in [0.29, 0.717) is 17.9 Å². The summed E-state index contributed by atoms with van der Waals surface area (Å²) in [5.74, 6) is 1.13. The molecule has 1 aromatic carbocycles. The third kappa shape index (κ3) is 3.65. The van der Waals surface area contributed by atoms with Crippen molar-refractivity contribution in [1.82, 2.24) is 4.90 Å². The summed E-state index contributed by atoms with van der Waals surface area (Å²) in [6, 6.07) is 10.4. The van der Waals surface area contributed by atoms with E-state index in [1.165, 1.54) is 0 Å². The lowest BCUT2D eigenvalue weighted by molar-refractivity contribution is -0.134. The molecule has 1 heterocycles. The number of nitrogens with zero attached hydrogens (tertiary/aromatic N) is 1. The van der Waals surface area contributed by atoms with Crippen molar-refractivity contribution in [2.75, 3.05) is 20.3 Å². The van der Waals surface area contributed by atoms with E-state index < -0.39 is 0 Å². The minimum atomic E-state index is -0.0752. The molecule has 0 aliphatic carbocycles. The van der Waals surface area contributed by atoms with E-state index in [1.54, 1.807) is 7.11 Å². The maximum Gasteiger partial charge on any atom is 0.230 e. The zero-order valence-corrected chi connectivity index (χ0v) is 13.6. The van der Waals surface area contributed by atoms with Gasteiger partial charge in [-0.1, -0.05) is 44.2 Å². The third-order valence-electron chi connectivity index (χ3n) is 4.56. The van der Waals surface area contributed by atoms with E-state index in [-0.39, 0.29) is 11.8 Å². The summed E-state index contributed by atoms with van der Waals surface area (Å²) in [7, 11) is 1.74. The normalized spacial score (nSPS) is 23.6. The van der Waals surface area contributed by atoms with Crippen LogP contribution < -0.4 is 0 Å². The second kappa shape index (κ2) is 7.08. The predicted molar refractivity (Wildman–Crippen MR) is 85.2 cm³/mol. The Hall–Kier alpha value is -1.35. The summed E-state index contributed by atoms with van der Waals surface area (Å²) in [6.07, 6.45) is 1.05. The van der Waals surface area contributed by atoms with Gasteiger partial charge in [-0.25, -0.2) is 0 Å². The van der Waals surface area contributed by atoms with Crippen LogP contribution in [-0.4, -0.2) is 37.1 Å². The van der Waals surface area contributed by atoms with Crippen LogP contribution in [0.1, 0.15) is 38.7 Å². The van der Waals surface area contributed by atoms with E-state index in [0.717, 1.165) is 25.1 Å². The number of hydrogen-bond donors (Lipinski definition) is 0. The zero-order valence-electron chi connectivity index (χ0n) is 13.6. The maximum atomic E-state index is 12.9. The molecule has 1 amide bonds. The topological polar surface area (TPSA) is 29.5 Å². The molecular weight excluding hydrogens is 262 g/mol. The Morgan fingerprint density at radius 1 is 1.29 bits per heavy atom. The number of ether oxygens (including phenoxy) is 1. The molecule has 0 spiro atoms. The number of carbonyl (C=O) groups is 1. The van der Waals surface area contributed by atoms with Crippen LogP contribution in [-0.2, 0) is 9.53 Å². The summed E-state index contributed by atoms with van der Waals surface area (Å²) >= 11 is 0. The van der Waals surface area contributed by atoms with Crippen LogP contribution in [0.25, 0.3) is 0 Å². The van der Waals surface area contributed by atoms with Crippen molar-refractivity contribution in [3.05, 3.63) is 35.9 Å². The average molecular weight is 289 g/mol. The van der Waals surface area contributed by atoms with Gasteiger partial charge in [0.15, 0.2) is 0 Å². The molecule has 1 aliphatic heterocycles. The highest BCUT2D eigenvalue weighted by molar-refractivity contribution is 5.84. The summed E-state index contributed by atoms with van der Waals surface area (Å²) in [4.78, 5) is 15.0. The molecule has 1 aromatic rings. The molecule has 0 radical (unpaired) electrons. The first-order chi connectivity index (χ1) is 10.0. The zero-order chi connectivity index (χ0) is 15.4. The predicted octanol–water partition coefficient (Wildman–Crippen LogP) is 3.31. The van der Waals surface area contributed by atoms with Gasteiger partial charge in [0.25, 0.3) is 0 Å². The van der Waals surface area contributed by atoms with Gasteiger partial charge in [-0.3, -0.25) is 4.79 Å². The number of likely N-dealkylation sites (tertiary alicyclic amines) is 1. The SMILES string of the molecule is COCC1C[C@@H](C(C)C)N(C(=O)C(C)c2ccccc2)C1. The van der Waals surface area contributed by atoms with Crippen LogP contribution in [0, 0.1) is 11.8 Å². The second-order valence-electron chi connectivity index (χ2n) is 6.49. The molecule has 3 heteroatoms. The van der Waals surface area contributed by atoms with Crippen LogP contribution in [0.3, 0.4) is 0 Å². The van der Waals surface area contributed by atoms with Gasteiger partial charge in [0.2, 0.25) is 5.91 Å². The van der Waals surface area contributed by atoms with Crippen molar-refractivity contribution in [3.63, 3.8) is 0 Å². The first kappa shape index (κ1) is 16.0. The van der Waals surface area contributed by atoms with Gasteiger partial charge < -0.3 is 9.64 Å². The number of amides is 1. The number of methoxy groups -OCH3 is 1. The largest absolute Gasteiger partial charge is 0.384 e. The monoisotopic (exact) mass is 289 g/mol. The minimum Gasteiger partial charge on any atom is -0.384 e. The molecule has 3 nitrogen and oxygen atoms in total. The molecule has 0 saturated carbocycles. The molecule has 2 rings (SSSR count). The Morgan fingerprint density at radius 2 is 1.95 bits per heavy atom. The van der Waals surface area contributed by atoms with Gasteiger partial charge in [0.05, 0.1) is 12.5 Å². The lowest BCUT2D eigenvalue weighted by Gasteiger charge is -2.30. The van der Waals surface area contributed by atoms with Gasteiger partial charge in [-0.2, -0.15) is 0 Å². The van der Waals surface area contributed by atoms with E-state index in [2.05, 4.69) is 18.7 Å². The second-order valence-corrected chi connectivity index (χ2v) is 6.49. The van der Waals surface area contributed by atoms with E-state index in [1.807, 2.05) is 37.3 Å². The van der Waals surface area contributed by atoms with Crippen molar-refractivity contribution in [3.8, 4) is 0 Å². The number of carbonyl (C=O) groups excluding carboxylic acids is 1. The minimum absolute atomic E-state index is 0.0752. The van der Waals surface area contributed by atoms with Crippen LogP contribution in [0.5, 0.6) is 0 Å². The Balaban J connectivity index is 2.12. The molecule has 0 N–H and O–H groups in total. The van der Waals surface area contributed by atoms with Gasteiger partial charge in [0.1, 0.15) is 0 Å². The van der Waals surface area contributed by atoms with Gasteiger partial charge in [-0.15, -0.1) is 0 Å². The number of benzene rings is 1. The van der Waals surface area contributed by atoms with Crippen molar-refractivity contribution < 1.29 is 9.53 Å².